The number of aromatic nitrogens is 2. The molecule has 0 atom stereocenters. The van der Waals surface area contributed by atoms with Crippen LogP contribution in [0.5, 0.6) is 5.75 Å². The summed E-state index contributed by atoms with van der Waals surface area (Å²) in [6.45, 7) is 8.88. The standard InChI is InChI=1S/C15H20ClN3OS/c1-5-20-12-7-6-11(8-10(12)9-16)17-14-18-13(19-21-14)15(2,3)4/h6-8H,5,9H2,1-4H3,(H,17,18,19). The van der Waals surface area contributed by atoms with Crippen LogP contribution in [0, 0.1) is 0 Å². The zero-order valence-corrected chi connectivity index (χ0v) is 14.3. The molecule has 0 spiro atoms. The van der Waals surface area contributed by atoms with Gasteiger partial charge in [-0.05, 0) is 25.1 Å². The lowest BCUT2D eigenvalue weighted by Crippen LogP contribution is -2.13. The maximum atomic E-state index is 5.97. The van der Waals surface area contributed by atoms with E-state index in [9.17, 15) is 0 Å². The predicted molar refractivity (Wildman–Crippen MR) is 89.1 cm³/mol. The van der Waals surface area contributed by atoms with Gasteiger partial charge in [-0.1, -0.05) is 20.8 Å². The summed E-state index contributed by atoms with van der Waals surface area (Å²) < 4.78 is 9.93. The summed E-state index contributed by atoms with van der Waals surface area (Å²) in [4.78, 5) is 4.52. The molecule has 0 saturated carbocycles. The average Bonchev–Trinajstić information content (AvgIpc) is 2.89. The van der Waals surface area contributed by atoms with Crippen molar-refractivity contribution in [3.05, 3.63) is 29.6 Å². The minimum Gasteiger partial charge on any atom is -0.494 e. The van der Waals surface area contributed by atoms with Crippen LogP contribution in [-0.2, 0) is 11.3 Å². The smallest absolute Gasteiger partial charge is 0.207 e. The summed E-state index contributed by atoms with van der Waals surface area (Å²) in [6.07, 6.45) is 0. The fraction of sp³-hybridized carbons (Fsp3) is 0.467. The fourth-order valence-corrected chi connectivity index (χ4v) is 2.75. The molecule has 2 rings (SSSR count). The Bertz CT molecular complexity index is 607. The zero-order chi connectivity index (χ0) is 15.5. The van der Waals surface area contributed by atoms with Crippen LogP contribution in [0.3, 0.4) is 0 Å². The van der Waals surface area contributed by atoms with Gasteiger partial charge in [0.25, 0.3) is 0 Å². The Morgan fingerprint density at radius 2 is 2.10 bits per heavy atom. The van der Waals surface area contributed by atoms with E-state index in [1.54, 1.807) is 0 Å². The van der Waals surface area contributed by atoms with Gasteiger partial charge >= 0.3 is 0 Å². The molecular weight excluding hydrogens is 306 g/mol. The molecule has 0 unspecified atom stereocenters. The van der Waals surface area contributed by atoms with E-state index in [-0.39, 0.29) is 5.41 Å². The highest BCUT2D eigenvalue weighted by atomic mass is 35.5. The molecular formula is C15H20ClN3OS. The largest absolute Gasteiger partial charge is 0.494 e. The van der Waals surface area contributed by atoms with Crippen LogP contribution in [0.25, 0.3) is 0 Å². The van der Waals surface area contributed by atoms with Crippen LogP contribution < -0.4 is 10.1 Å². The topological polar surface area (TPSA) is 47.0 Å². The highest BCUT2D eigenvalue weighted by Gasteiger charge is 2.19. The third-order valence-electron chi connectivity index (χ3n) is 2.85. The lowest BCUT2D eigenvalue weighted by atomic mass is 9.96. The number of anilines is 2. The first-order valence-corrected chi connectivity index (χ1v) is 8.17. The second-order valence-corrected chi connectivity index (χ2v) is 6.71. The van der Waals surface area contributed by atoms with Crippen molar-refractivity contribution in [2.24, 2.45) is 0 Å². The summed E-state index contributed by atoms with van der Waals surface area (Å²) in [5.41, 5.74) is 1.85. The third kappa shape index (κ3) is 4.08. The third-order valence-corrected chi connectivity index (χ3v) is 3.77. The Balaban J connectivity index is 2.18. The minimum absolute atomic E-state index is 0.0451. The second-order valence-electron chi connectivity index (χ2n) is 5.69. The number of nitrogens with zero attached hydrogens (tertiary/aromatic N) is 2. The van der Waals surface area contributed by atoms with Crippen LogP contribution in [0.4, 0.5) is 10.8 Å². The van der Waals surface area contributed by atoms with E-state index >= 15 is 0 Å². The molecule has 0 bridgehead atoms. The van der Waals surface area contributed by atoms with Gasteiger partial charge in [-0.25, -0.2) is 4.98 Å². The fourth-order valence-electron chi connectivity index (χ4n) is 1.76. The first-order valence-electron chi connectivity index (χ1n) is 6.87. The Labute approximate surface area is 134 Å². The van der Waals surface area contributed by atoms with Gasteiger partial charge in [0.15, 0.2) is 0 Å². The Hall–Kier alpha value is -1.33. The number of hydrogen-bond donors (Lipinski definition) is 1. The van der Waals surface area contributed by atoms with Gasteiger partial charge < -0.3 is 10.1 Å². The number of ether oxygens (including phenoxy) is 1. The van der Waals surface area contributed by atoms with Gasteiger partial charge in [-0.15, -0.1) is 11.6 Å². The molecule has 0 aliphatic carbocycles. The van der Waals surface area contributed by atoms with Gasteiger partial charge in [0.2, 0.25) is 5.13 Å². The number of alkyl halides is 1. The average molecular weight is 326 g/mol. The molecule has 4 nitrogen and oxygen atoms in total. The summed E-state index contributed by atoms with van der Waals surface area (Å²) in [7, 11) is 0. The SMILES string of the molecule is CCOc1ccc(Nc2nc(C(C)(C)C)ns2)cc1CCl. The maximum Gasteiger partial charge on any atom is 0.207 e. The van der Waals surface area contributed by atoms with Crippen molar-refractivity contribution >= 4 is 34.0 Å². The van der Waals surface area contributed by atoms with E-state index in [4.69, 9.17) is 16.3 Å². The Morgan fingerprint density at radius 3 is 2.67 bits per heavy atom. The van der Waals surface area contributed by atoms with Gasteiger partial charge in [0.1, 0.15) is 11.6 Å². The molecule has 114 valence electrons. The van der Waals surface area contributed by atoms with Gasteiger partial charge in [0.05, 0.1) is 12.5 Å². The normalized spacial score (nSPS) is 11.5. The zero-order valence-electron chi connectivity index (χ0n) is 12.7. The molecule has 2 aromatic rings. The molecule has 1 N–H and O–H groups in total. The molecule has 21 heavy (non-hydrogen) atoms. The molecule has 1 aromatic heterocycles. The van der Waals surface area contributed by atoms with Crippen molar-refractivity contribution in [2.45, 2.75) is 39.0 Å². The molecule has 0 radical (unpaired) electrons. The molecule has 0 amide bonds. The van der Waals surface area contributed by atoms with Crippen molar-refractivity contribution in [1.29, 1.82) is 0 Å². The molecule has 0 aliphatic rings. The predicted octanol–water partition coefficient (Wildman–Crippen LogP) is 4.72. The Kier molecular flexibility index (Phi) is 5.06. The van der Waals surface area contributed by atoms with Gasteiger partial charge in [0, 0.05) is 28.2 Å². The summed E-state index contributed by atoms with van der Waals surface area (Å²) >= 11 is 7.34. The number of rotatable bonds is 5. The van der Waals surface area contributed by atoms with Crippen LogP contribution >= 0.6 is 23.1 Å². The monoisotopic (exact) mass is 325 g/mol. The van der Waals surface area contributed by atoms with Crippen LogP contribution in [-0.4, -0.2) is 16.0 Å². The van der Waals surface area contributed by atoms with Gasteiger partial charge in [-0.3, -0.25) is 0 Å². The number of hydrogen-bond acceptors (Lipinski definition) is 5. The van der Waals surface area contributed by atoms with Gasteiger partial charge in [-0.2, -0.15) is 4.37 Å². The van der Waals surface area contributed by atoms with E-state index in [1.165, 1.54) is 11.5 Å². The van der Waals surface area contributed by atoms with Crippen molar-refractivity contribution < 1.29 is 4.74 Å². The van der Waals surface area contributed by atoms with Crippen molar-refractivity contribution in [3.8, 4) is 5.75 Å². The number of nitrogens with one attached hydrogen (secondary N) is 1. The lowest BCUT2D eigenvalue weighted by Gasteiger charge is -2.12. The molecule has 1 heterocycles. The molecule has 0 saturated heterocycles. The summed E-state index contributed by atoms with van der Waals surface area (Å²) in [6, 6.07) is 5.87. The van der Waals surface area contributed by atoms with E-state index in [0.717, 1.165) is 28.0 Å². The summed E-state index contributed by atoms with van der Waals surface area (Å²) in [5, 5.41) is 4.05. The highest BCUT2D eigenvalue weighted by molar-refractivity contribution is 7.09. The molecule has 6 heteroatoms. The van der Waals surface area contributed by atoms with E-state index < -0.39 is 0 Å². The number of benzene rings is 1. The van der Waals surface area contributed by atoms with Crippen molar-refractivity contribution in [3.63, 3.8) is 0 Å². The van der Waals surface area contributed by atoms with Crippen LogP contribution in [0.2, 0.25) is 0 Å². The quantitative estimate of drug-likeness (QED) is 0.808. The van der Waals surface area contributed by atoms with Crippen molar-refractivity contribution in [1.82, 2.24) is 9.36 Å². The molecule has 1 aromatic carbocycles. The van der Waals surface area contributed by atoms with Crippen molar-refractivity contribution in [2.75, 3.05) is 11.9 Å². The van der Waals surface area contributed by atoms with Crippen LogP contribution in [0.15, 0.2) is 18.2 Å². The minimum atomic E-state index is -0.0451. The second kappa shape index (κ2) is 6.62. The first kappa shape index (κ1) is 16.0. The number of halogens is 1. The molecule has 0 aliphatic heterocycles. The molecule has 0 fully saturated rings. The maximum absolute atomic E-state index is 5.97. The van der Waals surface area contributed by atoms with E-state index in [0.29, 0.717) is 12.5 Å². The highest BCUT2D eigenvalue weighted by Crippen LogP contribution is 2.28. The van der Waals surface area contributed by atoms with E-state index in [2.05, 4.69) is 35.4 Å². The van der Waals surface area contributed by atoms with E-state index in [1.807, 2.05) is 25.1 Å². The van der Waals surface area contributed by atoms with Crippen LogP contribution in [0.1, 0.15) is 39.1 Å². The Morgan fingerprint density at radius 1 is 1.33 bits per heavy atom. The first-order chi connectivity index (χ1) is 9.94. The lowest BCUT2D eigenvalue weighted by molar-refractivity contribution is 0.337. The summed E-state index contributed by atoms with van der Waals surface area (Å²) in [5.74, 6) is 2.08.